The van der Waals surface area contributed by atoms with Crippen LogP contribution in [0.2, 0.25) is 5.02 Å². The fraction of sp³-hybridized carbons (Fsp3) is 0.143. The third-order valence-corrected chi connectivity index (χ3v) is 7.54. The molecule has 1 aromatic heterocycles. The molecule has 28 heavy (non-hydrogen) atoms. The quantitative estimate of drug-likeness (QED) is 0.509. The van der Waals surface area contributed by atoms with E-state index in [2.05, 4.69) is 4.98 Å². The standard InChI is InChI=1S/C21H16ClFN2O2S/c22-17-5-1-3-13-4-2-6-20(21(13)17)28(26,27)25-10-9-19-16(12-25)15-11-14(23)7-8-18(15)24-19/h1-8,11,24H,9-10,12H2. The molecule has 0 amide bonds. The summed E-state index contributed by atoms with van der Waals surface area (Å²) in [5.41, 5.74) is 2.61. The number of rotatable bonds is 2. The van der Waals surface area contributed by atoms with Crippen LogP contribution in [0.25, 0.3) is 21.7 Å². The van der Waals surface area contributed by atoms with Gasteiger partial charge in [0.15, 0.2) is 0 Å². The van der Waals surface area contributed by atoms with E-state index in [1.165, 1.54) is 16.4 Å². The lowest BCUT2D eigenvalue weighted by molar-refractivity contribution is 0.391. The SMILES string of the molecule is O=S(=O)(c1cccc2cccc(Cl)c12)N1CCc2[nH]c3ccc(F)cc3c2C1. The number of nitrogens with one attached hydrogen (secondary N) is 1. The summed E-state index contributed by atoms with van der Waals surface area (Å²) >= 11 is 6.34. The van der Waals surface area contributed by atoms with Gasteiger partial charge >= 0.3 is 0 Å². The Morgan fingerprint density at radius 1 is 1.07 bits per heavy atom. The van der Waals surface area contributed by atoms with Gasteiger partial charge in [-0.2, -0.15) is 4.31 Å². The van der Waals surface area contributed by atoms with E-state index in [9.17, 15) is 12.8 Å². The molecule has 3 aromatic carbocycles. The Kier molecular flexibility index (Phi) is 3.98. The molecular formula is C21H16ClFN2O2S. The highest BCUT2D eigenvalue weighted by molar-refractivity contribution is 7.89. The largest absolute Gasteiger partial charge is 0.358 e. The number of H-pyrrole nitrogens is 1. The number of nitrogens with zero attached hydrogens (tertiary/aromatic N) is 1. The number of aromatic amines is 1. The molecule has 2 heterocycles. The lowest BCUT2D eigenvalue weighted by Gasteiger charge is -2.27. The second-order valence-corrected chi connectivity index (χ2v) is 9.27. The Morgan fingerprint density at radius 3 is 2.68 bits per heavy atom. The van der Waals surface area contributed by atoms with E-state index in [-0.39, 0.29) is 17.3 Å². The van der Waals surface area contributed by atoms with E-state index in [4.69, 9.17) is 11.6 Å². The van der Waals surface area contributed by atoms with Gasteiger partial charge in [-0.15, -0.1) is 0 Å². The number of hydrogen-bond donors (Lipinski definition) is 1. The van der Waals surface area contributed by atoms with Crippen LogP contribution in [0.15, 0.2) is 59.5 Å². The highest BCUT2D eigenvalue weighted by Gasteiger charge is 2.31. The molecule has 1 aliphatic rings. The zero-order valence-electron chi connectivity index (χ0n) is 14.7. The van der Waals surface area contributed by atoms with Crippen LogP contribution in [0.4, 0.5) is 4.39 Å². The molecule has 0 saturated carbocycles. The zero-order valence-corrected chi connectivity index (χ0v) is 16.3. The molecule has 1 N–H and O–H groups in total. The van der Waals surface area contributed by atoms with E-state index in [0.29, 0.717) is 23.4 Å². The van der Waals surface area contributed by atoms with E-state index >= 15 is 0 Å². The topological polar surface area (TPSA) is 53.2 Å². The molecular weight excluding hydrogens is 399 g/mol. The smallest absolute Gasteiger partial charge is 0.244 e. The molecule has 0 radical (unpaired) electrons. The van der Waals surface area contributed by atoms with Gasteiger partial charge < -0.3 is 4.98 Å². The van der Waals surface area contributed by atoms with Gasteiger partial charge in [-0.1, -0.05) is 35.9 Å². The maximum absolute atomic E-state index is 13.7. The minimum Gasteiger partial charge on any atom is -0.358 e. The molecule has 0 atom stereocenters. The molecule has 0 unspecified atom stereocenters. The minimum atomic E-state index is -3.77. The second kappa shape index (κ2) is 6.30. The normalized spacial score (nSPS) is 15.2. The van der Waals surface area contributed by atoms with E-state index in [1.807, 2.05) is 12.1 Å². The van der Waals surface area contributed by atoms with Crippen molar-refractivity contribution in [2.75, 3.05) is 6.54 Å². The number of hydrogen-bond acceptors (Lipinski definition) is 2. The van der Waals surface area contributed by atoms with Crippen molar-refractivity contribution in [3.05, 3.63) is 76.7 Å². The summed E-state index contributed by atoms with van der Waals surface area (Å²) in [6, 6.07) is 15.0. The van der Waals surface area contributed by atoms with Crippen LogP contribution in [0, 0.1) is 5.82 Å². The van der Waals surface area contributed by atoms with Gasteiger partial charge in [-0.05, 0) is 41.3 Å². The Bertz CT molecular complexity index is 1340. The molecule has 142 valence electrons. The maximum atomic E-state index is 13.7. The summed E-state index contributed by atoms with van der Waals surface area (Å²) in [5.74, 6) is -0.338. The van der Waals surface area contributed by atoms with E-state index in [1.54, 1.807) is 30.3 Å². The van der Waals surface area contributed by atoms with Crippen LogP contribution in [0.3, 0.4) is 0 Å². The number of aromatic nitrogens is 1. The molecule has 0 fully saturated rings. The lowest BCUT2D eigenvalue weighted by atomic mass is 10.1. The van der Waals surface area contributed by atoms with Crippen molar-refractivity contribution in [3.63, 3.8) is 0 Å². The summed E-state index contributed by atoms with van der Waals surface area (Å²) in [6.07, 6.45) is 0.545. The molecule has 7 heteroatoms. The summed E-state index contributed by atoms with van der Waals surface area (Å²) in [5, 5.41) is 2.44. The van der Waals surface area contributed by atoms with Gasteiger partial charge in [-0.25, -0.2) is 12.8 Å². The first kappa shape index (κ1) is 17.7. The van der Waals surface area contributed by atoms with Crippen molar-refractivity contribution in [1.29, 1.82) is 0 Å². The lowest BCUT2D eigenvalue weighted by Crippen LogP contribution is -2.35. The fourth-order valence-electron chi connectivity index (χ4n) is 3.98. The van der Waals surface area contributed by atoms with E-state index < -0.39 is 10.0 Å². The summed E-state index contributed by atoms with van der Waals surface area (Å²) in [7, 11) is -3.77. The fourth-order valence-corrected chi connectivity index (χ4v) is 5.97. The third kappa shape index (κ3) is 2.64. The van der Waals surface area contributed by atoms with Gasteiger partial charge in [0.05, 0.1) is 4.90 Å². The maximum Gasteiger partial charge on any atom is 0.244 e. The first-order valence-corrected chi connectivity index (χ1v) is 10.7. The average Bonchev–Trinajstić information content (AvgIpc) is 3.05. The van der Waals surface area contributed by atoms with Crippen molar-refractivity contribution in [2.45, 2.75) is 17.9 Å². The van der Waals surface area contributed by atoms with Gasteiger partial charge in [0.2, 0.25) is 10.0 Å². The summed E-state index contributed by atoms with van der Waals surface area (Å²) in [6.45, 7) is 0.549. The second-order valence-electron chi connectivity index (χ2n) is 6.95. The molecule has 1 aliphatic heterocycles. The number of halogens is 2. The van der Waals surface area contributed by atoms with Crippen molar-refractivity contribution in [1.82, 2.24) is 9.29 Å². The van der Waals surface area contributed by atoms with Crippen LogP contribution in [0.1, 0.15) is 11.3 Å². The van der Waals surface area contributed by atoms with Crippen LogP contribution < -0.4 is 0 Å². The monoisotopic (exact) mass is 414 g/mol. The average molecular weight is 415 g/mol. The third-order valence-electron chi connectivity index (χ3n) is 5.34. The molecule has 5 rings (SSSR count). The van der Waals surface area contributed by atoms with E-state index in [0.717, 1.165) is 27.5 Å². The zero-order chi connectivity index (χ0) is 19.5. The number of sulfonamides is 1. The first-order chi connectivity index (χ1) is 13.4. The van der Waals surface area contributed by atoms with Gasteiger partial charge in [0.25, 0.3) is 0 Å². The Balaban J connectivity index is 1.63. The number of benzene rings is 3. The molecule has 0 saturated heterocycles. The number of fused-ring (bicyclic) bond motifs is 4. The predicted octanol–water partition coefficient (Wildman–Crippen LogP) is 4.86. The molecule has 0 aliphatic carbocycles. The summed E-state index contributed by atoms with van der Waals surface area (Å²) in [4.78, 5) is 3.48. The highest BCUT2D eigenvalue weighted by atomic mass is 35.5. The Hall–Kier alpha value is -2.41. The predicted molar refractivity (Wildman–Crippen MR) is 109 cm³/mol. The van der Waals surface area contributed by atoms with Crippen molar-refractivity contribution < 1.29 is 12.8 Å². The van der Waals surface area contributed by atoms with Gasteiger partial charge in [0.1, 0.15) is 5.82 Å². The Labute approximate surface area is 166 Å². The first-order valence-electron chi connectivity index (χ1n) is 8.91. The van der Waals surface area contributed by atoms with Crippen LogP contribution in [-0.2, 0) is 23.0 Å². The molecule has 0 bridgehead atoms. The van der Waals surface area contributed by atoms with Gasteiger partial charge in [-0.3, -0.25) is 0 Å². The molecule has 4 nitrogen and oxygen atoms in total. The van der Waals surface area contributed by atoms with Crippen molar-refractivity contribution in [3.8, 4) is 0 Å². The van der Waals surface area contributed by atoms with Crippen LogP contribution in [0.5, 0.6) is 0 Å². The van der Waals surface area contributed by atoms with Crippen molar-refractivity contribution in [2.24, 2.45) is 0 Å². The Morgan fingerprint density at radius 2 is 1.86 bits per heavy atom. The van der Waals surface area contributed by atoms with Crippen LogP contribution >= 0.6 is 11.6 Å². The highest BCUT2D eigenvalue weighted by Crippen LogP contribution is 2.35. The van der Waals surface area contributed by atoms with Gasteiger partial charge in [0, 0.05) is 46.5 Å². The molecule has 4 aromatic rings. The van der Waals surface area contributed by atoms with Crippen LogP contribution in [-0.4, -0.2) is 24.3 Å². The minimum absolute atomic E-state index is 0.196. The molecule has 0 spiro atoms. The van der Waals surface area contributed by atoms with Crippen molar-refractivity contribution >= 4 is 43.3 Å². The summed E-state index contributed by atoms with van der Waals surface area (Å²) < 4.78 is 42.1.